The van der Waals surface area contributed by atoms with Gasteiger partial charge in [-0.05, 0) is 38.0 Å². The highest BCUT2D eigenvalue weighted by molar-refractivity contribution is 14.0. The van der Waals surface area contributed by atoms with Gasteiger partial charge in [0.25, 0.3) is 0 Å². The fraction of sp³-hybridized carbons (Fsp3) is 0.350. The van der Waals surface area contributed by atoms with Gasteiger partial charge in [0.15, 0.2) is 5.96 Å². The third-order valence-corrected chi connectivity index (χ3v) is 4.81. The normalized spacial score (nSPS) is 15.0. The zero-order chi connectivity index (χ0) is 19.2. The monoisotopic (exact) mass is 494 g/mol. The maximum atomic E-state index is 11.4. The summed E-state index contributed by atoms with van der Waals surface area (Å²) in [6.07, 6.45) is 3.29. The van der Waals surface area contributed by atoms with Crippen LogP contribution in [0.3, 0.4) is 0 Å². The third kappa shape index (κ3) is 5.82. The second-order valence-corrected chi connectivity index (χ2v) is 6.84. The summed E-state index contributed by atoms with van der Waals surface area (Å²) in [4.78, 5) is 22.5. The van der Waals surface area contributed by atoms with Gasteiger partial charge in [0.2, 0.25) is 5.91 Å². The van der Waals surface area contributed by atoms with E-state index in [1.165, 1.54) is 5.56 Å². The van der Waals surface area contributed by atoms with Crippen LogP contribution in [-0.4, -0.2) is 29.9 Å². The number of hydrogen-bond acceptors (Lipinski definition) is 4. The van der Waals surface area contributed by atoms with E-state index in [0.717, 1.165) is 43.0 Å². The summed E-state index contributed by atoms with van der Waals surface area (Å²) in [6.45, 7) is 4.00. The first-order valence-electron chi connectivity index (χ1n) is 9.14. The zero-order valence-corrected chi connectivity index (χ0v) is 18.3. The van der Waals surface area contributed by atoms with Crippen LogP contribution in [0.1, 0.15) is 24.0 Å². The number of nitrogens with two attached hydrogens (primary N) is 2. The maximum absolute atomic E-state index is 11.4. The lowest BCUT2D eigenvalue weighted by Crippen LogP contribution is -2.39. The Kier molecular flexibility index (Phi) is 8.04. The summed E-state index contributed by atoms with van der Waals surface area (Å²) in [5.74, 6) is 1.00. The van der Waals surface area contributed by atoms with Crippen molar-refractivity contribution in [2.45, 2.75) is 26.3 Å². The first kappa shape index (κ1) is 21.9. The van der Waals surface area contributed by atoms with E-state index in [1.54, 1.807) is 6.20 Å². The number of rotatable bonds is 5. The number of guanidine groups is 1. The van der Waals surface area contributed by atoms with E-state index in [4.69, 9.17) is 11.5 Å². The van der Waals surface area contributed by atoms with Crippen molar-refractivity contribution in [1.29, 1.82) is 0 Å². The lowest BCUT2D eigenvalue weighted by molar-refractivity contribution is -0.122. The Hall–Kier alpha value is -2.36. The van der Waals surface area contributed by atoms with Gasteiger partial charge in [-0.25, -0.2) is 9.98 Å². The average Bonchev–Trinajstić information content (AvgIpc) is 2.68. The van der Waals surface area contributed by atoms with Crippen LogP contribution in [0.15, 0.2) is 47.6 Å². The molecular formula is C20H27IN6O. The lowest BCUT2D eigenvalue weighted by Gasteiger charge is -2.32. The summed E-state index contributed by atoms with van der Waals surface area (Å²) >= 11 is 0. The van der Waals surface area contributed by atoms with Crippen molar-refractivity contribution < 1.29 is 4.79 Å². The highest BCUT2D eigenvalue weighted by Crippen LogP contribution is 2.25. The Bertz CT molecular complexity index is 816. The molecule has 0 aliphatic carbocycles. The van der Waals surface area contributed by atoms with Crippen molar-refractivity contribution >= 4 is 47.3 Å². The number of piperidine rings is 1. The molecule has 0 bridgehead atoms. The number of aromatic nitrogens is 1. The summed E-state index contributed by atoms with van der Waals surface area (Å²) in [5.41, 5.74) is 14.5. The van der Waals surface area contributed by atoms with Crippen molar-refractivity contribution in [1.82, 2.24) is 4.98 Å². The standard InChI is InChI=1S/C20H26N6O.HI/c1-14-4-6-17(7-5-14)25-20(22)24-13-16-3-2-10-23-19(16)26-11-8-15(9-12-26)18(21)27;/h2-7,10,15H,8-9,11-13H2,1H3,(H2,21,27)(H3,22,24,25);1H. The summed E-state index contributed by atoms with van der Waals surface area (Å²) in [5, 5.41) is 3.10. The average molecular weight is 494 g/mol. The van der Waals surface area contributed by atoms with Crippen molar-refractivity contribution in [2.24, 2.45) is 22.4 Å². The van der Waals surface area contributed by atoms with Crippen LogP contribution in [0, 0.1) is 12.8 Å². The SMILES string of the molecule is Cc1ccc(NC(N)=NCc2cccnc2N2CCC(C(N)=O)CC2)cc1.I. The molecule has 1 aromatic carbocycles. The summed E-state index contributed by atoms with van der Waals surface area (Å²) in [6, 6.07) is 11.9. The molecule has 8 heteroatoms. The molecule has 7 nitrogen and oxygen atoms in total. The number of amides is 1. The molecule has 0 unspecified atom stereocenters. The van der Waals surface area contributed by atoms with Gasteiger partial charge in [0.05, 0.1) is 6.54 Å². The number of nitrogens with zero attached hydrogens (tertiary/aromatic N) is 3. The van der Waals surface area contributed by atoms with E-state index in [0.29, 0.717) is 12.5 Å². The number of aryl methyl sites for hydroxylation is 1. The summed E-state index contributed by atoms with van der Waals surface area (Å²) < 4.78 is 0. The second-order valence-electron chi connectivity index (χ2n) is 6.84. The number of carbonyl (C=O) groups excluding carboxylic acids is 1. The van der Waals surface area contributed by atoms with Crippen LogP contribution in [0.5, 0.6) is 0 Å². The molecule has 1 aliphatic heterocycles. The zero-order valence-electron chi connectivity index (χ0n) is 16.0. The largest absolute Gasteiger partial charge is 0.370 e. The number of anilines is 2. The van der Waals surface area contributed by atoms with E-state index in [9.17, 15) is 4.79 Å². The number of carbonyl (C=O) groups is 1. The Morgan fingerprint density at radius 2 is 1.89 bits per heavy atom. The molecule has 0 atom stereocenters. The van der Waals surface area contributed by atoms with Gasteiger partial charge in [-0.3, -0.25) is 4.79 Å². The molecule has 28 heavy (non-hydrogen) atoms. The Labute approximate surface area is 182 Å². The second kappa shape index (κ2) is 10.3. The van der Waals surface area contributed by atoms with Crippen molar-refractivity contribution in [2.75, 3.05) is 23.3 Å². The first-order valence-corrected chi connectivity index (χ1v) is 9.14. The van der Waals surface area contributed by atoms with Crippen LogP contribution in [-0.2, 0) is 11.3 Å². The number of nitrogens with one attached hydrogen (secondary N) is 1. The van der Waals surface area contributed by atoms with Crippen molar-refractivity contribution in [3.63, 3.8) is 0 Å². The molecule has 2 aromatic rings. The molecule has 3 rings (SSSR count). The number of pyridine rings is 1. The fourth-order valence-corrected chi connectivity index (χ4v) is 3.21. The maximum Gasteiger partial charge on any atom is 0.220 e. The van der Waals surface area contributed by atoms with E-state index in [1.807, 2.05) is 43.3 Å². The molecular weight excluding hydrogens is 467 g/mol. The molecule has 5 N–H and O–H groups in total. The highest BCUT2D eigenvalue weighted by Gasteiger charge is 2.24. The fourth-order valence-electron chi connectivity index (χ4n) is 3.21. The molecule has 1 aromatic heterocycles. The van der Waals surface area contributed by atoms with Crippen molar-refractivity contribution in [3.8, 4) is 0 Å². The van der Waals surface area contributed by atoms with Crippen LogP contribution >= 0.6 is 24.0 Å². The molecule has 1 aliphatic rings. The summed E-state index contributed by atoms with van der Waals surface area (Å²) in [7, 11) is 0. The third-order valence-electron chi connectivity index (χ3n) is 4.81. The molecule has 0 saturated carbocycles. The predicted molar refractivity (Wildman–Crippen MR) is 124 cm³/mol. The molecule has 1 fully saturated rings. The molecule has 2 heterocycles. The van der Waals surface area contributed by atoms with E-state index in [-0.39, 0.29) is 35.8 Å². The van der Waals surface area contributed by atoms with Gasteiger partial charge in [-0.2, -0.15) is 0 Å². The van der Waals surface area contributed by atoms with Gasteiger partial charge < -0.3 is 21.7 Å². The molecule has 150 valence electrons. The van der Waals surface area contributed by atoms with Crippen molar-refractivity contribution in [3.05, 3.63) is 53.7 Å². The minimum Gasteiger partial charge on any atom is -0.370 e. The van der Waals surface area contributed by atoms with Gasteiger partial charge in [-0.1, -0.05) is 23.8 Å². The van der Waals surface area contributed by atoms with Crippen LogP contribution in [0.25, 0.3) is 0 Å². The smallest absolute Gasteiger partial charge is 0.220 e. The minimum atomic E-state index is -0.213. The van der Waals surface area contributed by atoms with Crippen LogP contribution in [0.2, 0.25) is 0 Å². The Morgan fingerprint density at radius 1 is 1.21 bits per heavy atom. The molecule has 0 radical (unpaired) electrons. The van der Waals surface area contributed by atoms with Crippen LogP contribution < -0.4 is 21.7 Å². The Balaban J connectivity index is 0.00000280. The van der Waals surface area contributed by atoms with Gasteiger partial charge in [0.1, 0.15) is 5.82 Å². The quantitative estimate of drug-likeness (QED) is 0.337. The molecule has 1 saturated heterocycles. The number of benzene rings is 1. The van der Waals surface area contributed by atoms with Crippen LogP contribution in [0.4, 0.5) is 11.5 Å². The first-order chi connectivity index (χ1) is 13.0. The predicted octanol–water partition coefficient (Wildman–Crippen LogP) is 2.64. The topological polar surface area (TPSA) is 110 Å². The number of halogens is 1. The number of hydrogen-bond donors (Lipinski definition) is 3. The van der Waals surface area contributed by atoms with Gasteiger partial charge >= 0.3 is 0 Å². The molecule has 1 amide bonds. The lowest BCUT2D eigenvalue weighted by atomic mass is 9.96. The number of primary amides is 1. The minimum absolute atomic E-state index is 0. The van der Waals surface area contributed by atoms with Gasteiger partial charge in [0, 0.05) is 36.5 Å². The number of aliphatic imine (C=N–C) groups is 1. The van der Waals surface area contributed by atoms with Gasteiger partial charge in [-0.15, -0.1) is 24.0 Å². The van der Waals surface area contributed by atoms with E-state index >= 15 is 0 Å². The van der Waals surface area contributed by atoms with E-state index in [2.05, 4.69) is 20.2 Å². The highest BCUT2D eigenvalue weighted by atomic mass is 127. The Morgan fingerprint density at radius 3 is 2.54 bits per heavy atom. The molecule has 0 spiro atoms. The van der Waals surface area contributed by atoms with E-state index < -0.39 is 0 Å².